The summed E-state index contributed by atoms with van der Waals surface area (Å²) in [5.41, 5.74) is 2.28. The van der Waals surface area contributed by atoms with Crippen LogP contribution >= 0.6 is 11.3 Å². The molecule has 0 radical (unpaired) electrons. The third kappa shape index (κ3) is 4.12. The molecule has 7 nitrogen and oxygen atoms in total. The average molecular weight is 413 g/mol. The summed E-state index contributed by atoms with van der Waals surface area (Å²) in [5.74, 6) is 2.88. The quantitative estimate of drug-likeness (QED) is 0.583. The minimum absolute atomic E-state index is 0.213. The molecular formula is C21H23N3O4S. The first-order valence-electron chi connectivity index (χ1n) is 9.51. The number of carbonyl (C=O) groups excluding carboxylic acids is 1. The van der Waals surface area contributed by atoms with Gasteiger partial charge in [0.2, 0.25) is 6.79 Å². The van der Waals surface area contributed by atoms with Crippen molar-refractivity contribution in [2.75, 3.05) is 19.2 Å². The van der Waals surface area contributed by atoms with Crippen molar-refractivity contribution in [2.24, 2.45) is 0 Å². The van der Waals surface area contributed by atoms with Crippen molar-refractivity contribution in [2.45, 2.75) is 39.7 Å². The molecule has 0 unspecified atom stereocenters. The zero-order valence-electron chi connectivity index (χ0n) is 16.7. The van der Waals surface area contributed by atoms with Crippen LogP contribution in [0.4, 0.5) is 5.82 Å². The lowest BCUT2D eigenvalue weighted by Gasteiger charge is -2.10. The first-order valence-corrected chi connectivity index (χ1v) is 10.3. The summed E-state index contributed by atoms with van der Waals surface area (Å²) in [6.07, 6.45) is 1.64. The van der Waals surface area contributed by atoms with Gasteiger partial charge in [0, 0.05) is 24.3 Å². The van der Waals surface area contributed by atoms with Gasteiger partial charge in [0.25, 0.3) is 0 Å². The van der Waals surface area contributed by atoms with Gasteiger partial charge < -0.3 is 19.5 Å². The zero-order chi connectivity index (χ0) is 20.4. The Bertz CT molecular complexity index is 1060. The maximum absolute atomic E-state index is 11.4. The van der Waals surface area contributed by atoms with Crippen LogP contribution in [0, 0.1) is 13.8 Å². The Morgan fingerprint density at radius 3 is 2.90 bits per heavy atom. The highest BCUT2D eigenvalue weighted by Gasteiger charge is 2.16. The Hall–Kier alpha value is -2.87. The smallest absolute Gasteiger partial charge is 0.305 e. The van der Waals surface area contributed by atoms with Crippen LogP contribution in [-0.2, 0) is 22.5 Å². The van der Waals surface area contributed by atoms with Crippen molar-refractivity contribution < 1.29 is 19.0 Å². The summed E-state index contributed by atoms with van der Waals surface area (Å²) in [6.45, 7) is 5.07. The predicted molar refractivity (Wildman–Crippen MR) is 112 cm³/mol. The van der Waals surface area contributed by atoms with Gasteiger partial charge in [0.05, 0.1) is 12.5 Å². The Morgan fingerprint density at radius 2 is 2.07 bits per heavy atom. The summed E-state index contributed by atoms with van der Waals surface area (Å²) in [5, 5.41) is 4.53. The maximum atomic E-state index is 11.4. The molecule has 0 amide bonds. The highest BCUT2D eigenvalue weighted by molar-refractivity contribution is 7.18. The largest absolute Gasteiger partial charge is 0.469 e. The summed E-state index contributed by atoms with van der Waals surface area (Å²) in [6, 6.07) is 5.92. The van der Waals surface area contributed by atoms with Gasteiger partial charge in [-0.2, -0.15) is 0 Å². The third-order valence-electron chi connectivity index (χ3n) is 4.98. The number of carbonyl (C=O) groups is 1. The highest BCUT2D eigenvalue weighted by Crippen LogP contribution is 2.35. The van der Waals surface area contributed by atoms with Gasteiger partial charge in [-0.1, -0.05) is 6.07 Å². The van der Waals surface area contributed by atoms with E-state index in [1.165, 1.54) is 17.6 Å². The molecule has 1 aliphatic heterocycles. The Morgan fingerprint density at radius 1 is 1.24 bits per heavy atom. The van der Waals surface area contributed by atoms with Crippen molar-refractivity contribution in [3.05, 3.63) is 40.0 Å². The van der Waals surface area contributed by atoms with Crippen LogP contribution in [0.1, 0.15) is 34.7 Å². The summed E-state index contributed by atoms with van der Waals surface area (Å²) in [7, 11) is 1.40. The maximum Gasteiger partial charge on any atom is 0.305 e. The predicted octanol–water partition coefficient (Wildman–Crippen LogP) is 4.14. The molecule has 0 saturated heterocycles. The molecule has 0 saturated carbocycles. The average Bonchev–Trinajstić information content (AvgIpc) is 3.30. The van der Waals surface area contributed by atoms with Crippen LogP contribution in [0.3, 0.4) is 0 Å². The second-order valence-electron chi connectivity index (χ2n) is 6.92. The van der Waals surface area contributed by atoms with Gasteiger partial charge in [-0.15, -0.1) is 11.3 Å². The molecule has 0 aliphatic carbocycles. The monoisotopic (exact) mass is 413 g/mol. The summed E-state index contributed by atoms with van der Waals surface area (Å²) in [4.78, 5) is 23.1. The molecule has 3 aromatic rings. The molecule has 8 heteroatoms. The van der Waals surface area contributed by atoms with E-state index in [4.69, 9.17) is 24.2 Å². The SMILES string of the molecule is COC(=O)CCCc1nc(NCc2ccc3c(c2)OCO3)c2c(C)c(C)sc2n1. The van der Waals surface area contributed by atoms with E-state index in [1.54, 1.807) is 11.3 Å². The Balaban J connectivity index is 1.56. The van der Waals surface area contributed by atoms with Crippen molar-refractivity contribution in [3.8, 4) is 11.5 Å². The van der Waals surface area contributed by atoms with E-state index in [1.807, 2.05) is 18.2 Å². The molecule has 0 atom stereocenters. The van der Waals surface area contributed by atoms with Gasteiger partial charge in [0.1, 0.15) is 16.5 Å². The Labute approximate surface area is 173 Å². The minimum Gasteiger partial charge on any atom is -0.469 e. The third-order valence-corrected chi connectivity index (χ3v) is 6.08. The first-order chi connectivity index (χ1) is 14.0. The summed E-state index contributed by atoms with van der Waals surface area (Å²) >= 11 is 1.67. The number of hydrogen-bond acceptors (Lipinski definition) is 8. The second kappa shape index (κ2) is 8.24. The van der Waals surface area contributed by atoms with Crippen molar-refractivity contribution in [1.82, 2.24) is 9.97 Å². The lowest BCUT2D eigenvalue weighted by atomic mass is 10.1. The fourth-order valence-corrected chi connectivity index (χ4v) is 4.31. The fourth-order valence-electron chi connectivity index (χ4n) is 3.26. The number of methoxy groups -OCH3 is 1. The number of nitrogens with zero attached hydrogens (tertiary/aromatic N) is 2. The van der Waals surface area contributed by atoms with Crippen LogP contribution in [-0.4, -0.2) is 29.8 Å². The van der Waals surface area contributed by atoms with Gasteiger partial charge in [-0.25, -0.2) is 9.97 Å². The molecule has 29 heavy (non-hydrogen) atoms. The fraction of sp³-hybridized carbons (Fsp3) is 0.381. The van der Waals surface area contributed by atoms with Gasteiger partial charge >= 0.3 is 5.97 Å². The number of hydrogen-bond donors (Lipinski definition) is 1. The molecule has 152 valence electrons. The number of rotatable bonds is 7. The highest BCUT2D eigenvalue weighted by atomic mass is 32.1. The number of fused-ring (bicyclic) bond motifs is 2. The molecule has 1 aromatic carbocycles. The van der Waals surface area contributed by atoms with E-state index < -0.39 is 0 Å². The first kappa shape index (κ1) is 19.4. The molecule has 0 spiro atoms. The molecule has 1 aliphatic rings. The number of thiophene rings is 1. The van der Waals surface area contributed by atoms with Crippen LogP contribution in [0.5, 0.6) is 11.5 Å². The molecule has 1 N–H and O–H groups in total. The number of nitrogens with one attached hydrogen (secondary N) is 1. The van der Waals surface area contributed by atoms with Crippen LogP contribution in [0.15, 0.2) is 18.2 Å². The van der Waals surface area contributed by atoms with E-state index in [2.05, 4.69) is 19.2 Å². The number of esters is 1. The standard InChI is InChI=1S/C21H23N3O4S/c1-12-13(2)29-21-19(12)20(23-17(24-21)5-4-6-18(25)26-3)22-10-14-7-8-15-16(9-14)28-11-27-15/h7-9H,4-6,10-11H2,1-3H3,(H,22,23,24). The number of benzene rings is 1. The van der Waals surface area contributed by atoms with Crippen molar-refractivity contribution >= 4 is 33.3 Å². The van der Waals surface area contributed by atoms with Gasteiger partial charge in [0.15, 0.2) is 11.5 Å². The second-order valence-corrected chi connectivity index (χ2v) is 8.13. The lowest BCUT2D eigenvalue weighted by Crippen LogP contribution is -2.07. The number of ether oxygens (including phenoxy) is 3. The lowest BCUT2D eigenvalue weighted by molar-refractivity contribution is -0.140. The van der Waals surface area contributed by atoms with Crippen molar-refractivity contribution in [3.63, 3.8) is 0 Å². The van der Waals surface area contributed by atoms with Gasteiger partial charge in [-0.05, 0) is 43.5 Å². The van der Waals surface area contributed by atoms with E-state index in [9.17, 15) is 4.79 Å². The minimum atomic E-state index is -0.213. The van der Waals surface area contributed by atoms with E-state index >= 15 is 0 Å². The number of aromatic nitrogens is 2. The van der Waals surface area contributed by atoms with Crippen LogP contribution < -0.4 is 14.8 Å². The molecular weight excluding hydrogens is 390 g/mol. The molecule has 0 fully saturated rings. The van der Waals surface area contributed by atoms with Gasteiger partial charge in [-0.3, -0.25) is 4.79 Å². The van der Waals surface area contributed by atoms with Crippen LogP contribution in [0.2, 0.25) is 0 Å². The number of aryl methyl sites for hydroxylation is 3. The van der Waals surface area contributed by atoms with E-state index in [0.29, 0.717) is 25.8 Å². The molecule has 4 rings (SSSR count). The normalized spacial score (nSPS) is 12.4. The van der Waals surface area contributed by atoms with Crippen molar-refractivity contribution in [1.29, 1.82) is 0 Å². The van der Waals surface area contributed by atoms with Crippen LogP contribution in [0.25, 0.3) is 10.2 Å². The Kier molecular flexibility index (Phi) is 5.53. The van der Waals surface area contributed by atoms with E-state index in [-0.39, 0.29) is 12.8 Å². The molecule has 2 aromatic heterocycles. The number of anilines is 1. The zero-order valence-corrected chi connectivity index (χ0v) is 17.5. The topological polar surface area (TPSA) is 82.6 Å². The van der Waals surface area contributed by atoms with E-state index in [0.717, 1.165) is 38.9 Å². The molecule has 0 bridgehead atoms. The summed E-state index contributed by atoms with van der Waals surface area (Å²) < 4.78 is 15.6. The molecule has 3 heterocycles.